The molecule has 0 saturated carbocycles. The molecule has 2 nitrogen and oxygen atoms in total. The second-order valence-corrected chi connectivity index (χ2v) is 4.66. The van der Waals surface area contributed by atoms with E-state index in [1.54, 1.807) is 0 Å². The summed E-state index contributed by atoms with van der Waals surface area (Å²) in [5.74, 6) is 1.65. The third-order valence-corrected chi connectivity index (χ3v) is 3.35. The Kier molecular flexibility index (Phi) is 2.91. The van der Waals surface area contributed by atoms with Crippen LogP contribution in [-0.2, 0) is 6.54 Å². The minimum atomic E-state index is 0.637. The number of ether oxygens (including phenoxy) is 1. The van der Waals surface area contributed by atoms with Crippen molar-refractivity contribution in [2.45, 2.75) is 6.54 Å². The van der Waals surface area contributed by atoms with Gasteiger partial charge in [0, 0.05) is 24.5 Å². The zero-order valence-electron chi connectivity index (χ0n) is 9.53. The first-order valence-electron chi connectivity index (χ1n) is 5.80. The number of hydrogen-bond donors (Lipinski definition) is 0. The predicted octanol–water partition coefficient (Wildman–Crippen LogP) is 3.23. The quantitative estimate of drug-likeness (QED) is 0.756. The zero-order valence-corrected chi connectivity index (χ0v) is 10.3. The van der Waals surface area contributed by atoms with Crippen LogP contribution in [0.4, 0.5) is 0 Å². The second-order valence-electron chi connectivity index (χ2n) is 4.28. The number of nitrogens with zero attached hydrogens (tertiary/aromatic N) is 1. The first-order valence-corrected chi connectivity index (χ1v) is 6.33. The van der Waals surface area contributed by atoms with E-state index in [1.165, 1.54) is 16.3 Å². The van der Waals surface area contributed by atoms with Crippen molar-refractivity contribution in [2.75, 3.05) is 19.2 Å². The van der Waals surface area contributed by atoms with Gasteiger partial charge in [-0.15, -0.1) is 11.6 Å². The Morgan fingerprint density at radius 3 is 2.94 bits per heavy atom. The summed E-state index contributed by atoms with van der Waals surface area (Å²) in [5.41, 5.74) is 1.28. The molecule has 1 aliphatic heterocycles. The van der Waals surface area contributed by atoms with Crippen LogP contribution in [-0.4, -0.2) is 24.1 Å². The minimum Gasteiger partial charge on any atom is -0.478 e. The van der Waals surface area contributed by atoms with E-state index in [2.05, 4.69) is 41.3 Å². The Bertz CT molecular complexity index is 541. The van der Waals surface area contributed by atoms with E-state index in [0.717, 1.165) is 18.8 Å². The Labute approximate surface area is 106 Å². The predicted molar refractivity (Wildman–Crippen MR) is 70.6 cm³/mol. The molecular formula is C14H14ClNO. The molecule has 2 aromatic rings. The number of benzene rings is 2. The lowest BCUT2D eigenvalue weighted by Gasteiger charge is -2.29. The van der Waals surface area contributed by atoms with Crippen molar-refractivity contribution in [1.82, 2.24) is 4.90 Å². The van der Waals surface area contributed by atoms with Gasteiger partial charge in [-0.3, -0.25) is 4.90 Å². The van der Waals surface area contributed by atoms with Crippen LogP contribution in [0.15, 0.2) is 36.4 Å². The Morgan fingerprint density at radius 1 is 1.18 bits per heavy atom. The summed E-state index contributed by atoms with van der Waals surface area (Å²) in [5, 5.41) is 2.55. The maximum atomic E-state index is 5.78. The third kappa shape index (κ3) is 1.99. The topological polar surface area (TPSA) is 12.5 Å². The SMILES string of the molecule is ClCCN1COc2ccc3ccccc3c2C1. The highest BCUT2D eigenvalue weighted by molar-refractivity contribution is 6.18. The Balaban J connectivity index is 2.06. The first-order chi connectivity index (χ1) is 8.38. The van der Waals surface area contributed by atoms with Crippen molar-refractivity contribution in [1.29, 1.82) is 0 Å². The molecule has 0 fully saturated rings. The van der Waals surface area contributed by atoms with Gasteiger partial charge in [0.2, 0.25) is 0 Å². The molecule has 0 radical (unpaired) electrons. The van der Waals surface area contributed by atoms with Crippen molar-refractivity contribution in [2.24, 2.45) is 0 Å². The summed E-state index contributed by atoms with van der Waals surface area (Å²) < 4.78 is 5.76. The summed E-state index contributed by atoms with van der Waals surface area (Å²) >= 11 is 5.78. The normalized spacial score (nSPS) is 15.6. The molecule has 88 valence electrons. The van der Waals surface area contributed by atoms with E-state index in [9.17, 15) is 0 Å². The minimum absolute atomic E-state index is 0.637. The maximum absolute atomic E-state index is 5.78. The third-order valence-electron chi connectivity index (χ3n) is 3.18. The van der Waals surface area contributed by atoms with E-state index < -0.39 is 0 Å². The van der Waals surface area contributed by atoms with Gasteiger partial charge >= 0.3 is 0 Å². The highest BCUT2D eigenvalue weighted by Crippen LogP contribution is 2.31. The van der Waals surface area contributed by atoms with Crippen LogP contribution in [0.1, 0.15) is 5.56 Å². The molecule has 0 unspecified atom stereocenters. The number of rotatable bonds is 2. The summed E-state index contributed by atoms with van der Waals surface area (Å²) in [6.07, 6.45) is 0. The van der Waals surface area contributed by atoms with Gasteiger partial charge in [0.25, 0.3) is 0 Å². The van der Waals surface area contributed by atoms with E-state index in [4.69, 9.17) is 16.3 Å². The fourth-order valence-corrected chi connectivity index (χ4v) is 2.55. The van der Waals surface area contributed by atoms with Crippen molar-refractivity contribution in [3.63, 3.8) is 0 Å². The number of halogens is 1. The van der Waals surface area contributed by atoms with Crippen molar-refractivity contribution in [3.8, 4) is 5.75 Å². The average molecular weight is 248 g/mol. The Hall–Kier alpha value is -1.25. The fourth-order valence-electron chi connectivity index (χ4n) is 2.31. The van der Waals surface area contributed by atoms with E-state index >= 15 is 0 Å². The molecule has 1 heterocycles. The van der Waals surface area contributed by atoms with E-state index in [1.807, 2.05) is 0 Å². The van der Waals surface area contributed by atoms with Gasteiger partial charge in [-0.2, -0.15) is 0 Å². The van der Waals surface area contributed by atoms with Crippen LogP contribution < -0.4 is 4.74 Å². The second kappa shape index (κ2) is 4.55. The van der Waals surface area contributed by atoms with Gasteiger partial charge in [-0.05, 0) is 16.8 Å². The molecule has 0 atom stereocenters. The summed E-state index contributed by atoms with van der Waals surface area (Å²) in [4.78, 5) is 2.22. The number of alkyl halides is 1. The van der Waals surface area contributed by atoms with Crippen molar-refractivity contribution < 1.29 is 4.74 Å². The van der Waals surface area contributed by atoms with Crippen LogP contribution in [0.3, 0.4) is 0 Å². The molecule has 0 aromatic heterocycles. The highest BCUT2D eigenvalue weighted by atomic mass is 35.5. The molecule has 0 spiro atoms. The lowest BCUT2D eigenvalue weighted by atomic mass is 10.0. The highest BCUT2D eigenvalue weighted by Gasteiger charge is 2.18. The van der Waals surface area contributed by atoms with Crippen LogP contribution in [0.25, 0.3) is 10.8 Å². The fraction of sp³-hybridized carbons (Fsp3) is 0.286. The molecule has 0 amide bonds. The molecule has 3 rings (SSSR count). The van der Waals surface area contributed by atoms with Gasteiger partial charge < -0.3 is 4.74 Å². The number of fused-ring (bicyclic) bond motifs is 3. The van der Waals surface area contributed by atoms with Gasteiger partial charge in [0.15, 0.2) is 0 Å². The average Bonchev–Trinajstić information content (AvgIpc) is 2.39. The molecule has 0 N–H and O–H groups in total. The number of hydrogen-bond acceptors (Lipinski definition) is 2. The van der Waals surface area contributed by atoms with Gasteiger partial charge in [-0.25, -0.2) is 0 Å². The zero-order chi connectivity index (χ0) is 11.7. The maximum Gasteiger partial charge on any atom is 0.142 e. The van der Waals surface area contributed by atoms with E-state index in [0.29, 0.717) is 12.6 Å². The molecule has 2 aromatic carbocycles. The molecule has 17 heavy (non-hydrogen) atoms. The van der Waals surface area contributed by atoms with Crippen LogP contribution in [0.2, 0.25) is 0 Å². The van der Waals surface area contributed by atoms with Crippen molar-refractivity contribution in [3.05, 3.63) is 42.0 Å². The molecule has 0 bridgehead atoms. The monoisotopic (exact) mass is 247 g/mol. The molecular weight excluding hydrogens is 234 g/mol. The summed E-state index contributed by atoms with van der Waals surface area (Å²) in [6, 6.07) is 12.6. The first kappa shape index (κ1) is 10.9. The van der Waals surface area contributed by atoms with Gasteiger partial charge in [0.05, 0.1) is 0 Å². The summed E-state index contributed by atoms with van der Waals surface area (Å²) in [6.45, 7) is 2.42. The van der Waals surface area contributed by atoms with Crippen LogP contribution in [0, 0.1) is 0 Å². The van der Waals surface area contributed by atoms with Crippen LogP contribution >= 0.6 is 11.6 Å². The largest absolute Gasteiger partial charge is 0.478 e. The lowest BCUT2D eigenvalue weighted by molar-refractivity contribution is 0.103. The molecule has 0 aliphatic carbocycles. The molecule has 1 aliphatic rings. The van der Waals surface area contributed by atoms with E-state index in [-0.39, 0.29) is 0 Å². The lowest BCUT2D eigenvalue weighted by Crippen LogP contribution is -2.33. The molecule has 3 heteroatoms. The van der Waals surface area contributed by atoms with Crippen LogP contribution in [0.5, 0.6) is 5.75 Å². The smallest absolute Gasteiger partial charge is 0.142 e. The molecule has 0 saturated heterocycles. The van der Waals surface area contributed by atoms with Crippen molar-refractivity contribution >= 4 is 22.4 Å². The summed E-state index contributed by atoms with van der Waals surface area (Å²) in [7, 11) is 0. The van der Waals surface area contributed by atoms with Gasteiger partial charge in [0.1, 0.15) is 12.5 Å². The van der Waals surface area contributed by atoms with Gasteiger partial charge in [-0.1, -0.05) is 30.3 Å². The standard InChI is InChI=1S/C14H14ClNO/c15-7-8-16-9-13-12-4-2-1-3-11(12)5-6-14(13)17-10-16/h1-6H,7-10H2. The Morgan fingerprint density at radius 2 is 2.06 bits per heavy atom.